The monoisotopic (exact) mass is 578 g/mol. The van der Waals surface area contributed by atoms with Gasteiger partial charge in [-0.1, -0.05) is 36.4 Å². The van der Waals surface area contributed by atoms with Crippen molar-refractivity contribution >= 4 is 34.5 Å². The fourth-order valence-corrected chi connectivity index (χ4v) is 4.66. The molecule has 0 aliphatic rings. The summed E-state index contributed by atoms with van der Waals surface area (Å²) in [5, 5.41) is 16.2. The number of pyridine rings is 1. The number of rotatable bonds is 10. The number of fused-ring (bicyclic) bond motifs is 1. The first-order valence-corrected chi connectivity index (χ1v) is 13.3. The van der Waals surface area contributed by atoms with E-state index in [1.807, 2.05) is 30.3 Å². The predicted octanol–water partition coefficient (Wildman–Crippen LogP) is 4.30. The van der Waals surface area contributed by atoms with Gasteiger partial charge in [-0.3, -0.25) is 9.59 Å². The van der Waals surface area contributed by atoms with E-state index in [1.165, 1.54) is 37.8 Å². The van der Waals surface area contributed by atoms with E-state index < -0.39 is 17.9 Å². The van der Waals surface area contributed by atoms with Crippen molar-refractivity contribution in [1.29, 1.82) is 5.26 Å². The first-order valence-electron chi connectivity index (χ1n) is 13.3. The summed E-state index contributed by atoms with van der Waals surface area (Å²) in [7, 11) is 1.30. The topological polar surface area (TPSA) is 172 Å². The second-order valence-electron chi connectivity index (χ2n) is 9.65. The van der Waals surface area contributed by atoms with Crippen molar-refractivity contribution in [2.24, 2.45) is 0 Å². The van der Waals surface area contributed by atoms with Crippen LogP contribution >= 0.6 is 0 Å². The highest BCUT2D eigenvalue weighted by Gasteiger charge is 2.22. The van der Waals surface area contributed by atoms with E-state index >= 15 is 0 Å². The highest BCUT2D eigenvalue weighted by molar-refractivity contribution is 6.00. The molecule has 11 nitrogen and oxygen atoms in total. The number of carbonyl (C=O) groups excluding carboxylic acids is 2. The summed E-state index contributed by atoms with van der Waals surface area (Å²) in [6, 6.07) is 16.3. The Bertz CT molecular complexity index is 1810. The number of nitrogens with zero attached hydrogens (tertiary/aromatic N) is 4. The van der Waals surface area contributed by atoms with Gasteiger partial charge in [0.1, 0.15) is 35.5 Å². The zero-order valence-corrected chi connectivity index (χ0v) is 23.1. The Balaban J connectivity index is 1.39. The number of hydrogen-bond donors (Lipinski definition) is 4. The molecule has 5 rings (SSSR count). The molecule has 3 heterocycles. The molecule has 12 heteroatoms. The molecule has 0 aliphatic carbocycles. The van der Waals surface area contributed by atoms with Crippen LogP contribution in [0.15, 0.2) is 73.3 Å². The van der Waals surface area contributed by atoms with Gasteiger partial charge in [0, 0.05) is 24.5 Å². The molecule has 3 aromatic heterocycles. The van der Waals surface area contributed by atoms with E-state index in [0.29, 0.717) is 23.3 Å². The average molecular weight is 579 g/mol. The number of methoxy groups -OCH3 is 1. The molecule has 0 aliphatic heterocycles. The first-order chi connectivity index (χ1) is 20.9. The SMILES string of the molecule is COC(=O)CC(Nc1ncc(C#N)cc1C(=O)NCCc1ccc(F)cc1)c1ccc(-c2c[nH]c3ncnc(N)c23)cc1. The summed E-state index contributed by atoms with van der Waals surface area (Å²) >= 11 is 0. The maximum Gasteiger partial charge on any atom is 0.307 e. The summed E-state index contributed by atoms with van der Waals surface area (Å²) in [6.45, 7) is 0.275. The van der Waals surface area contributed by atoms with Crippen molar-refractivity contribution in [2.75, 3.05) is 24.7 Å². The first kappa shape index (κ1) is 28.7. The minimum atomic E-state index is -0.621. The van der Waals surface area contributed by atoms with Crippen molar-refractivity contribution in [2.45, 2.75) is 18.9 Å². The number of nitrogens with one attached hydrogen (secondary N) is 3. The van der Waals surface area contributed by atoms with E-state index in [0.717, 1.165) is 22.3 Å². The van der Waals surface area contributed by atoms with E-state index in [2.05, 4.69) is 30.6 Å². The molecule has 5 N–H and O–H groups in total. The van der Waals surface area contributed by atoms with Crippen LogP contribution in [0.3, 0.4) is 0 Å². The molecule has 0 fully saturated rings. The second kappa shape index (κ2) is 12.8. The number of hydrogen-bond acceptors (Lipinski definition) is 9. The molecule has 43 heavy (non-hydrogen) atoms. The lowest BCUT2D eigenvalue weighted by atomic mass is 9.98. The molecule has 1 amide bonds. The summed E-state index contributed by atoms with van der Waals surface area (Å²) in [4.78, 5) is 41.3. The van der Waals surface area contributed by atoms with Crippen molar-refractivity contribution in [3.05, 3.63) is 101 Å². The number of nitrogen functional groups attached to an aromatic ring is 1. The fraction of sp³-hybridized carbons (Fsp3) is 0.161. The molecule has 0 saturated carbocycles. The number of anilines is 2. The van der Waals surface area contributed by atoms with E-state index in [9.17, 15) is 19.2 Å². The smallest absolute Gasteiger partial charge is 0.307 e. The van der Waals surface area contributed by atoms with Crippen molar-refractivity contribution in [3.63, 3.8) is 0 Å². The third kappa shape index (κ3) is 6.57. The van der Waals surface area contributed by atoms with Gasteiger partial charge in [0.15, 0.2) is 0 Å². The molecule has 0 saturated heterocycles. The van der Waals surface area contributed by atoms with Gasteiger partial charge in [0.05, 0.1) is 36.1 Å². The molecular weight excluding hydrogens is 551 g/mol. The summed E-state index contributed by atoms with van der Waals surface area (Å²) < 4.78 is 18.1. The number of halogens is 1. The third-order valence-electron chi connectivity index (χ3n) is 6.91. The van der Waals surface area contributed by atoms with Crippen LogP contribution in [-0.2, 0) is 16.0 Å². The summed E-state index contributed by atoms with van der Waals surface area (Å²) in [5.74, 6) is -0.720. The zero-order valence-electron chi connectivity index (χ0n) is 23.1. The second-order valence-corrected chi connectivity index (χ2v) is 9.65. The van der Waals surface area contributed by atoms with Gasteiger partial charge < -0.3 is 26.1 Å². The number of aromatic amines is 1. The number of ether oxygens (including phenoxy) is 1. The molecule has 2 aromatic carbocycles. The van der Waals surface area contributed by atoms with Gasteiger partial charge in [-0.05, 0) is 41.3 Å². The van der Waals surface area contributed by atoms with Crippen LogP contribution in [0.1, 0.15) is 39.5 Å². The van der Waals surface area contributed by atoms with Crippen LogP contribution < -0.4 is 16.4 Å². The van der Waals surface area contributed by atoms with Gasteiger partial charge in [0.2, 0.25) is 0 Å². The summed E-state index contributed by atoms with van der Waals surface area (Å²) in [5.41, 5.74) is 10.3. The van der Waals surface area contributed by atoms with Crippen LogP contribution in [0.5, 0.6) is 0 Å². The van der Waals surface area contributed by atoms with Gasteiger partial charge in [-0.25, -0.2) is 19.3 Å². The number of esters is 1. The largest absolute Gasteiger partial charge is 0.469 e. The van der Waals surface area contributed by atoms with Crippen LogP contribution in [0.4, 0.5) is 16.0 Å². The van der Waals surface area contributed by atoms with E-state index in [4.69, 9.17) is 10.5 Å². The molecule has 216 valence electrons. The van der Waals surface area contributed by atoms with Crippen LogP contribution in [0.25, 0.3) is 22.2 Å². The van der Waals surface area contributed by atoms with Crippen molar-refractivity contribution in [3.8, 4) is 17.2 Å². The predicted molar refractivity (Wildman–Crippen MR) is 158 cm³/mol. The molecule has 1 unspecified atom stereocenters. The highest BCUT2D eigenvalue weighted by atomic mass is 19.1. The Labute approximate surface area is 246 Å². The molecule has 0 bridgehead atoms. The normalized spacial score (nSPS) is 11.5. The maximum atomic E-state index is 13.2. The standard InChI is InChI=1S/C31H27FN8O3/c1-43-26(41)13-25(21-6-4-20(5-7-21)24-16-37-30-27(24)28(34)38-17-39-30)40-29-23(12-19(14-33)15-36-29)31(42)35-11-10-18-2-8-22(32)9-3-18/h2-9,12,15-17,25H,10-11,13H2,1H3,(H,35,42)(H,36,40)(H3,34,37,38,39). The average Bonchev–Trinajstić information content (AvgIpc) is 3.47. The minimum absolute atomic E-state index is 0.0585. The lowest BCUT2D eigenvalue weighted by Gasteiger charge is -2.21. The number of H-pyrrole nitrogens is 1. The Morgan fingerprint density at radius 2 is 1.88 bits per heavy atom. The quantitative estimate of drug-likeness (QED) is 0.176. The van der Waals surface area contributed by atoms with Gasteiger partial charge >= 0.3 is 5.97 Å². The third-order valence-corrected chi connectivity index (χ3v) is 6.91. The Morgan fingerprint density at radius 1 is 1.12 bits per heavy atom. The molecule has 0 spiro atoms. The lowest BCUT2D eigenvalue weighted by molar-refractivity contribution is -0.140. The van der Waals surface area contributed by atoms with Crippen molar-refractivity contribution in [1.82, 2.24) is 25.3 Å². The van der Waals surface area contributed by atoms with Crippen LogP contribution in [0, 0.1) is 17.1 Å². The molecular formula is C31H27FN8O3. The number of benzene rings is 2. The van der Waals surface area contributed by atoms with Crippen LogP contribution in [0.2, 0.25) is 0 Å². The van der Waals surface area contributed by atoms with Gasteiger partial charge in [-0.15, -0.1) is 0 Å². The number of nitriles is 1. The van der Waals surface area contributed by atoms with Gasteiger partial charge in [0.25, 0.3) is 5.91 Å². The number of aromatic nitrogens is 4. The van der Waals surface area contributed by atoms with Crippen LogP contribution in [-0.4, -0.2) is 45.5 Å². The number of nitrogens with two attached hydrogens (primary N) is 1. The lowest BCUT2D eigenvalue weighted by Crippen LogP contribution is -2.28. The Morgan fingerprint density at radius 3 is 2.60 bits per heavy atom. The molecule has 1 atom stereocenters. The fourth-order valence-electron chi connectivity index (χ4n) is 4.66. The number of amides is 1. The minimum Gasteiger partial charge on any atom is -0.469 e. The van der Waals surface area contributed by atoms with Gasteiger partial charge in [-0.2, -0.15) is 5.26 Å². The van der Waals surface area contributed by atoms with E-state index in [1.54, 1.807) is 18.3 Å². The number of carbonyl (C=O) groups is 2. The van der Waals surface area contributed by atoms with Crippen molar-refractivity contribution < 1.29 is 18.7 Å². The maximum absolute atomic E-state index is 13.2. The molecule has 5 aromatic rings. The Kier molecular flexibility index (Phi) is 8.53. The van der Waals surface area contributed by atoms with E-state index in [-0.39, 0.29) is 35.7 Å². The summed E-state index contributed by atoms with van der Waals surface area (Å²) in [6.07, 6.45) is 4.96. The highest BCUT2D eigenvalue weighted by Crippen LogP contribution is 2.32. The zero-order chi connectivity index (χ0) is 30.3. The Hall–Kier alpha value is -5.83. The molecule has 0 radical (unpaired) electrons.